The first kappa shape index (κ1) is 15.7. The van der Waals surface area contributed by atoms with Crippen molar-refractivity contribution in [1.29, 1.82) is 0 Å². The molecule has 1 aromatic rings. The van der Waals surface area contributed by atoms with Crippen LogP contribution >= 0.6 is 15.9 Å². The highest BCUT2D eigenvalue weighted by molar-refractivity contribution is 9.11. The summed E-state index contributed by atoms with van der Waals surface area (Å²) in [4.78, 5) is 1.84. The van der Waals surface area contributed by atoms with Gasteiger partial charge in [-0.05, 0) is 90.6 Å². The second kappa shape index (κ2) is 5.35. The fourth-order valence-electron chi connectivity index (χ4n) is 6.00. The predicted molar refractivity (Wildman–Crippen MR) is 95.7 cm³/mol. The molecular formula is C20H25BrO2. The lowest BCUT2D eigenvalue weighted by atomic mass is 9.53. The number of aliphatic hydroxyl groups is 1. The quantitative estimate of drug-likeness (QED) is 0.732. The molecule has 4 rings (SSSR count). The predicted octanol–water partition coefficient (Wildman–Crippen LogP) is 4.89. The number of phenols is 1. The van der Waals surface area contributed by atoms with Crippen molar-refractivity contribution in [3.63, 3.8) is 0 Å². The van der Waals surface area contributed by atoms with E-state index >= 15 is 0 Å². The van der Waals surface area contributed by atoms with Gasteiger partial charge in [0.05, 0.1) is 5.60 Å². The number of aryl methyl sites for hydroxylation is 1. The Bertz CT molecular complexity index is 655. The van der Waals surface area contributed by atoms with Crippen LogP contribution in [0.25, 0.3) is 0 Å². The van der Waals surface area contributed by atoms with Gasteiger partial charge in [0, 0.05) is 5.41 Å². The fourth-order valence-corrected chi connectivity index (χ4v) is 6.44. The van der Waals surface area contributed by atoms with Crippen molar-refractivity contribution in [3.8, 4) is 5.75 Å². The van der Waals surface area contributed by atoms with Crippen molar-refractivity contribution in [1.82, 2.24) is 0 Å². The molecule has 3 aliphatic carbocycles. The minimum atomic E-state index is -0.665. The zero-order valence-electron chi connectivity index (χ0n) is 13.6. The smallest absolute Gasteiger partial charge is 0.115 e. The standard InChI is InChI=1S/C20H25BrO2/c1-19-8-6-16-15-5-3-14(22)12-13(15)2-4-17(16)18(19)7-9-20(19,23)10-11-21/h3,5,10-12,16-18,22-23H,2,4,6-9H2,1H3/b11-10-/t16-,17+,18+,19+,20-/m1/s1. The minimum Gasteiger partial charge on any atom is -0.508 e. The second-order valence-electron chi connectivity index (χ2n) is 8.01. The lowest BCUT2D eigenvalue weighted by Gasteiger charge is -2.52. The number of halogens is 1. The average molecular weight is 377 g/mol. The largest absolute Gasteiger partial charge is 0.508 e. The number of benzene rings is 1. The van der Waals surface area contributed by atoms with E-state index in [1.807, 2.05) is 23.2 Å². The van der Waals surface area contributed by atoms with Gasteiger partial charge >= 0.3 is 0 Å². The molecule has 0 heterocycles. The Labute approximate surface area is 146 Å². The Balaban J connectivity index is 1.70. The van der Waals surface area contributed by atoms with Crippen molar-refractivity contribution < 1.29 is 10.2 Å². The van der Waals surface area contributed by atoms with Crippen molar-refractivity contribution >= 4 is 15.9 Å². The van der Waals surface area contributed by atoms with Crippen LogP contribution in [0.4, 0.5) is 0 Å². The van der Waals surface area contributed by atoms with Crippen molar-refractivity contribution in [2.24, 2.45) is 17.3 Å². The van der Waals surface area contributed by atoms with E-state index in [9.17, 15) is 10.2 Å². The van der Waals surface area contributed by atoms with Crippen molar-refractivity contribution in [2.45, 2.75) is 57.0 Å². The van der Waals surface area contributed by atoms with Gasteiger partial charge in [0.15, 0.2) is 0 Å². The van der Waals surface area contributed by atoms with Crippen molar-refractivity contribution in [2.75, 3.05) is 0 Å². The van der Waals surface area contributed by atoms with E-state index in [1.165, 1.54) is 17.5 Å². The monoisotopic (exact) mass is 376 g/mol. The summed E-state index contributed by atoms with van der Waals surface area (Å²) in [6.07, 6.45) is 8.45. The number of hydrogen-bond donors (Lipinski definition) is 2. The van der Waals surface area contributed by atoms with E-state index < -0.39 is 5.60 Å². The highest BCUT2D eigenvalue weighted by atomic mass is 79.9. The molecule has 2 nitrogen and oxygen atoms in total. The lowest BCUT2D eigenvalue weighted by Crippen LogP contribution is -2.49. The Morgan fingerprint density at radius 2 is 2.04 bits per heavy atom. The summed E-state index contributed by atoms with van der Waals surface area (Å²) in [5, 5.41) is 21.0. The van der Waals surface area contributed by atoms with Crippen LogP contribution < -0.4 is 0 Å². The van der Waals surface area contributed by atoms with Gasteiger partial charge in [0.25, 0.3) is 0 Å². The van der Waals surface area contributed by atoms with Crippen LogP contribution in [0.3, 0.4) is 0 Å². The molecule has 0 spiro atoms. The molecule has 3 aliphatic rings. The van der Waals surface area contributed by atoms with Crippen LogP contribution in [0, 0.1) is 17.3 Å². The molecule has 0 radical (unpaired) electrons. The molecule has 0 bridgehead atoms. The molecule has 1 aromatic carbocycles. The molecular weight excluding hydrogens is 352 g/mol. The van der Waals surface area contributed by atoms with Crippen LogP contribution in [0.15, 0.2) is 29.3 Å². The van der Waals surface area contributed by atoms with E-state index in [-0.39, 0.29) is 5.41 Å². The number of aromatic hydroxyl groups is 1. The molecule has 0 aliphatic heterocycles. The summed E-state index contributed by atoms with van der Waals surface area (Å²) in [5.41, 5.74) is 2.12. The van der Waals surface area contributed by atoms with Gasteiger partial charge in [-0.15, -0.1) is 0 Å². The molecule has 2 saturated carbocycles. The van der Waals surface area contributed by atoms with Crippen molar-refractivity contribution in [3.05, 3.63) is 40.4 Å². The highest BCUT2D eigenvalue weighted by Crippen LogP contribution is 2.64. The molecule has 0 aromatic heterocycles. The Morgan fingerprint density at radius 1 is 1.22 bits per heavy atom. The number of hydrogen-bond acceptors (Lipinski definition) is 2. The van der Waals surface area contributed by atoms with E-state index in [1.54, 1.807) is 0 Å². The summed E-state index contributed by atoms with van der Waals surface area (Å²) in [5.74, 6) is 2.26. The van der Waals surface area contributed by atoms with Crippen LogP contribution in [-0.2, 0) is 6.42 Å². The molecule has 3 heteroatoms. The van der Waals surface area contributed by atoms with E-state index in [0.29, 0.717) is 23.5 Å². The number of rotatable bonds is 1. The van der Waals surface area contributed by atoms with Crippen LogP contribution in [0.1, 0.15) is 56.1 Å². The molecule has 0 unspecified atom stereocenters. The first-order chi connectivity index (χ1) is 11.0. The molecule has 0 amide bonds. The zero-order chi connectivity index (χ0) is 16.2. The summed E-state index contributed by atoms with van der Waals surface area (Å²) in [6.45, 7) is 2.31. The van der Waals surface area contributed by atoms with Gasteiger partial charge in [-0.3, -0.25) is 0 Å². The fraction of sp³-hybridized carbons (Fsp3) is 0.600. The normalized spacial score (nSPS) is 42.3. The van der Waals surface area contributed by atoms with Crippen LogP contribution in [0.2, 0.25) is 0 Å². The SMILES string of the molecule is C[C@]12CC[C@@H]3c4ccc(O)cc4CC[C@@H]3[C@@H]1CC[C@@]2(O)/C=C\Br. The Kier molecular flexibility index (Phi) is 3.66. The van der Waals surface area contributed by atoms with Crippen LogP contribution in [-0.4, -0.2) is 15.8 Å². The maximum atomic E-state index is 11.2. The average Bonchev–Trinajstić information content (AvgIpc) is 2.79. The Hall–Kier alpha value is -0.800. The third kappa shape index (κ3) is 2.16. The molecule has 5 atom stereocenters. The summed E-state index contributed by atoms with van der Waals surface area (Å²) >= 11 is 3.37. The topological polar surface area (TPSA) is 40.5 Å². The molecule has 2 fully saturated rings. The summed E-state index contributed by atoms with van der Waals surface area (Å²) < 4.78 is 0. The summed E-state index contributed by atoms with van der Waals surface area (Å²) in [6, 6.07) is 5.94. The van der Waals surface area contributed by atoms with Crippen LogP contribution in [0.5, 0.6) is 5.75 Å². The number of phenolic OH excluding ortho intramolecular Hbond substituents is 1. The third-order valence-electron chi connectivity index (χ3n) is 7.26. The van der Waals surface area contributed by atoms with Gasteiger partial charge in [-0.2, -0.15) is 0 Å². The van der Waals surface area contributed by atoms with Gasteiger partial charge in [-0.1, -0.05) is 28.9 Å². The van der Waals surface area contributed by atoms with Gasteiger partial charge in [0.1, 0.15) is 5.75 Å². The van der Waals surface area contributed by atoms with Gasteiger partial charge in [0.2, 0.25) is 0 Å². The minimum absolute atomic E-state index is 0.00708. The maximum Gasteiger partial charge on any atom is 0.115 e. The zero-order valence-corrected chi connectivity index (χ0v) is 15.2. The first-order valence-electron chi connectivity index (χ1n) is 8.80. The second-order valence-corrected chi connectivity index (χ2v) is 8.54. The van der Waals surface area contributed by atoms with E-state index in [0.717, 1.165) is 32.1 Å². The maximum absolute atomic E-state index is 11.2. The van der Waals surface area contributed by atoms with E-state index in [2.05, 4.69) is 28.9 Å². The molecule has 0 saturated heterocycles. The molecule has 124 valence electrons. The number of fused-ring (bicyclic) bond motifs is 5. The highest BCUT2D eigenvalue weighted by Gasteiger charge is 2.60. The molecule has 23 heavy (non-hydrogen) atoms. The molecule has 2 N–H and O–H groups in total. The first-order valence-corrected chi connectivity index (χ1v) is 9.72. The van der Waals surface area contributed by atoms with E-state index in [4.69, 9.17) is 0 Å². The third-order valence-corrected chi connectivity index (χ3v) is 7.53. The van der Waals surface area contributed by atoms with Gasteiger partial charge < -0.3 is 10.2 Å². The Morgan fingerprint density at radius 3 is 2.83 bits per heavy atom. The lowest BCUT2D eigenvalue weighted by molar-refractivity contribution is -0.0708. The van der Waals surface area contributed by atoms with Gasteiger partial charge in [-0.25, -0.2) is 0 Å². The summed E-state index contributed by atoms with van der Waals surface area (Å²) in [7, 11) is 0.